The molecule has 3 atom stereocenters. The van der Waals surface area contributed by atoms with Crippen molar-refractivity contribution in [1.29, 1.82) is 0 Å². The number of rotatable bonds is 6. The zero-order chi connectivity index (χ0) is 18.5. The molecule has 136 valence electrons. The molecule has 1 aliphatic heterocycles. The molecule has 1 N–H and O–H groups in total. The Morgan fingerprint density at radius 2 is 1.65 bits per heavy atom. The van der Waals surface area contributed by atoms with Crippen LogP contribution in [-0.2, 0) is 9.59 Å². The summed E-state index contributed by atoms with van der Waals surface area (Å²) in [6.07, 6.45) is 1.31. The molecule has 1 amide bonds. The quantitative estimate of drug-likeness (QED) is 0.859. The molecule has 0 bridgehead atoms. The van der Waals surface area contributed by atoms with Crippen molar-refractivity contribution in [1.82, 2.24) is 4.90 Å². The summed E-state index contributed by atoms with van der Waals surface area (Å²) in [7, 11) is 0. The normalized spacial score (nSPS) is 20.7. The van der Waals surface area contributed by atoms with Crippen molar-refractivity contribution in [2.75, 3.05) is 13.1 Å². The van der Waals surface area contributed by atoms with Crippen LogP contribution in [0, 0.1) is 5.92 Å². The summed E-state index contributed by atoms with van der Waals surface area (Å²) in [4.78, 5) is 26.3. The van der Waals surface area contributed by atoms with E-state index in [4.69, 9.17) is 0 Å². The molecule has 0 saturated carbocycles. The minimum absolute atomic E-state index is 0.0467. The zero-order valence-electron chi connectivity index (χ0n) is 15.0. The Hall–Kier alpha value is -2.62. The van der Waals surface area contributed by atoms with E-state index in [2.05, 4.69) is 19.1 Å². The van der Waals surface area contributed by atoms with Crippen LogP contribution < -0.4 is 0 Å². The number of benzene rings is 2. The minimum Gasteiger partial charge on any atom is -0.481 e. The first-order chi connectivity index (χ1) is 12.6. The number of carbonyl (C=O) groups is 2. The van der Waals surface area contributed by atoms with E-state index < -0.39 is 11.9 Å². The highest BCUT2D eigenvalue weighted by Gasteiger charge is 2.40. The van der Waals surface area contributed by atoms with Gasteiger partial charge in [0, 0.05) is 25.4 Å². The van der Waals surface area contributed by atoms with Gasteiger partial charge < -0.3 is 10.0 Å². The third kappa shape index (κ3) is 3.96. The highest BCUT2D eigenvalue weighted by molar-refractivity contribution is 5.80. The lowest BCUT2D eigenvalue weighted by Crippen LogP contribution is -2.31. The van der Waals surface area contributed by atoms with Gasteiger partial charge in [0.25, 0.3) is 0 Å². The van der Waals surface area contributed by atoms with Gasteiger partial charge in [-0.2, -0.15) is 0 Å². The molecule has 26 heavy (non-hydrogen) atoms. The van der Waals surface area contributed by atoms with Gasteiger partial charge in [0.05, 0.1) is 5.92 Å². The van der Waals surface area contributed by atoms with Crippen molar-refractivity contribution >= 4 is 11.9 Å². The van der Waals surface area contributed by atoms with Crippen LogP contribution in [0.5, 0.6) is 0 Å². The smallest absolute Gasteiger partial charge is 0.308 e. The largest absolute Gasteiger partial charge is 0.481 e. The first kappa shape index (κ1) is 18.2. The number of likely N-dealkylation sites (tertiary alicyclic amines) is 1. The summed E-state index contributed by atoms with van der Waals surface area (Å²) < 4.78 is 0. The van der Waals surface area contributed by atoms with Gasteiger partial charge in [-0.1, -0.05) is 67.6 Å². The lowest BCUT2D eigenvalue weighted by Gasteiger charge is -2.21. The average molecular weight is 351 g/mol. The van der Waals surface area contributed by atoms with Gasteiger partial charge >= 0.3 is 5.97 Å². The molecule has 3 rings (SSSR count). The first-order valence-corrected chi connectivity index (χ1v) is 9.20. The van der Waals surface area contributed by atoms with E-state index in [-0.39, 0.29) is 17.7 Å². The van der Waals surface area contributed by atoms with E-state index in [9.17, 15) is 14.7 Å². The summed E-state index contributed by atoms with van der Waals surface area (Å²) in [5.74, 6) is -1.30. The maximum Gasteiger partial charge on any atom is 0.308 e. The van der Waals surface area contributed by atoms with E-state index in [0.717, 1.165) is 17.5 Å². The fraction of sp³-hybridized carbons (Fsp3) is 0.364. The molecule has 3 unspecified atom stereocenters. The predicted octanol–water partition coefficient (Wildman–Crippen LogP) is 3.90. The van der Waals surface area contributed by atoms with Crippen LogP contribution in [-0.4, -0.2) is 35.0 Å². The third-order valence-corrected chi connectivity index (χ3v) is 5.40. The summed E-state index contributed by atoms with van der Waals surface area (Å²) in [5.41, 5.74) is 2.15. The van der Waals surface area contributed by atoms with Gasteiger partial charge in [-0.05, 0) is 23.5 Å². The summed E-state index contributed by atoms with van der Waals surface area (Å²) in [6.45, 7) is 2.85. The molecule has 1 heterocycles. The van der Waals surface area contributed by atoms with Crippen molar-refractivity contribution in [2.24, 2.45) is 5.92 Å². The van der Waals surface area contributed by atoms with Crippen LogP contribution >= 0.6 is 0 Å². The molecule has 2 aromatic rings. The minimum atomic E-state index is -0.829. The van der Waals surface area contributed by atoms with Gasteiger partial charge in [0.1, 0.15) is 0 Å². The van der Waals surface area contributed by atoms with Crippen LogP contribution in [0.2, 0.25) is 0 Å². The van der Waals surface area contributed by atoms with Crippen LogP contribution in [0.3, 0.4) is 0 Å². The summed E-state index contributed by atoms with van der Waals surface area (Å²) >= 11 is 0. The number of carboxylic acids is 1. The van der Waals surface area contributed by atoms with E-state index in [1.54, 1.807) is 4.90 Å². The average Bonchev–Trinajstić information content (AvgIpc) is 3.13. The third-order valence-electron chi connectivity index (χ3n) is 5.40. The Morgan fingerprint density at radius 3 is 2.23 bits per heavy atom. The van der Waals surface area contributed by atoms with E-state index in [1.807, 2.05) is 48.5 Å². The van der Waals surface area contributed by atoms with Crippen molar-refractivity contribution in [3.05, 3.63) is 71.8 Å². The van der Waals surface area contributed by atoms with E-state index >= 15 is 0 Å². The molecule has 4 heteroatoms. The molecule has 0 spiro atoms. The number of amides is 1. The van der Waals surface area contributed by atoms with E-state index in [1.165, 1.54) is 0 Å². The van der Waals surface area contributed by atoms with Gasteiger partial charge in [0.15, 0.2) is 0 Å². The summed E-state index contributed by atoms with van der Waals surface area (Å²) in [6, 6.07) is 19.7. The molecular weight excluding hydrogens is 326 g/mol. The SMILES string of the molecule is CCC(CC(=O)N1CC(C(=O)O)C(c2ccccc2)C1)c1ccccc1. The second-order valence-corrected chi connectivity index (χ2v) is 6.98. The molecule has 4 nitrogen and oxygen atoms in total. The zero-order valence-corrected chi connectivity index (χ0v) is 15.0. The fourth-order valence-electron chi connectivity index (χ4n) is 3.86. The predicted molar refractivity (Wildman–Crippen MR) is 101 cm³/mol. The van der Waals surface area contributed by atoms with E-state index in [0.29, 0.717) is 19.5 Å². The molecule has 1 saturated heterocycles. The molecule has 0 aliphatic carbocycles. The van der Waals surface area contributed by atoms with Gasteiger partial charge in [0.2, 0.25) is 5.91 Å². The molecule has 0 radical (unpaired) electrons. The monoisotopic (exact) mass is 351 g/mol. The Kier molecular flexibility index (Phi) is 5.71. The molecule has 1 aliphatic rings. The first-order valence-electron chi connectivity index (χ1n) is 9.20. The van der Waals surface area contributed by atoms with Crippen molar-refractivity contribution in [2.45, 2.75) is 31.6 Å². The van der Waals surface area contributed by atoms with Crippen molar-refractivity contribution in [3.8, 4) is 0 Å². The number of nitrogens with zero attached hydrogens (tertiary/aromatic N) is 1. The molecule has 0 aromatic heterocycles. The maximum atomic E-state index is 12.9. The van der Waals surface area contributed by atoms with Crippen LogP contribution in [0.4, 0.5) is 0 Å². The second kappa shape index (κ2) is 8.17. The topological polar surface area (TPSA) is 57.6 Å². The lowest BCUT2D eigenvalue weighted by atomic mass is 9.89. The Morgan fingerprint density at radius 1 is 1.04 bits per heavy atom. The molecule has 2 aromatic carbocycles. The Bertz CT molecular complexity index is 744. The Labute approximate surface area is 154 Å². The lowest BCUT2D eigenvalue weighted by molar-refractivity contribution is -0.141. The Balaban J connectivity index is 1.73. The molecular formula is C22H25NO3. The number of hydrogen-bond donors (Lipinski definition) is 1. The van der Waals surface area contributed by atoms with Gasteiger partial charge in [-0.3, -0.25) is 9.59 Å². The highest BCUT2D eigenvalue weighted by atomic mass is 16.4. The van der Waals surface area contributed by atoms with Crippen molar-refractivity contribution in [3.63, 3.8) is 0 Å². The maximum absolute atomic E-state index is 12.9. The van der Waals surface area contributed by atoms with Crippen LogP contribution in [0.15, 0.2) is 60.7 Å². The van der Waals surface area contributed by atoms with Crippen LogP contribution in [0.25, 0.3) is 0 Å². The van der Waals surface area contributed by atoms with Crippen molar-refractivity contribution < 1.29 is 14.7 Å². The fourth-order valence-corrected chi connectivity index (χ4v) is 3.86. The van der Waals surface area contributed by atoms with Crippen LogP contribution in [0.1, 0.15) is 42.7 Å². The number of aliphatic carboxylic acids is 1. The number of carbonyl (C=O) groups excluding carboxylic acids is 1. The number of hydrogen-bond acceptors (Lipinski definition) is 2. The summed E-state index contributed by atoms with van der Waals surface area (Å²) in [5, 5.41) is 9.61. The number of carboxylic acid groups (broad SMARTS) is 1. The van der Waals surface area contributed by atoms with Gasteiger partial charge in [-0.25, -0.2) is 0 Å². The molecule has 1 fully saturated rings. The van der Waals surface area contributed by atoms with Gasteiger partial charge in [-0.15, -0.1) is 0 Å². The standard InChI is InChI=1S/C22H25NO3/c1-2-16(17-9-5-3-6-10-17)13-21(24)23-14-19(20(15-23)22(25)26)18-11-7-4-8-12-18/h3-12,16,19-20H,2,13-15H2,1H3,(H,25,26). The second-order valence-electron chi connectivity index (χ2n) is 6.98. The highest BCUT2D eigenvalue weighted by Crippen LogP contribution is 2.34.